The molecule has 0 heterocycles. The topological polar surface area (TPSA) is 83.6 Å². The Kier molecular flexibility index (Phi) is 4.39. The van der Waals surface area contributed by atoms with E-state index in [9.17, 15) is 9.59 Å². The molecular weight excluding hydrogens is 256 g/mol. The van der Waals surface area contributed by atoms with Crippen LogP contribution in [0, 0.1) is 5.41 Å². The summed E-state index contributed by atoms with van der Waals surface area (Å²) in [7, 11) is 0. The highest BCUT2D eigenvalue weighted by atomic mass is 16.4. The summed E-state index contributed by atoms with van der Waals surface area (Å²) in [6, 6.07) is 9.19. The Labute approximate surface area is 118 Å². The predicted molar refractivity (Wildman–Crippen MR) is 76.4 cm³/mol. The van der Waals surface area contributed by atoms with Crippen molar-refractivity contribution in [3.8, 4) is 0 Å². The first-order valence-corrected chi connectivity index (χ1v) is 6.88. The van der Waals surface area contributed by atoms with E-state index < -0.39 is 11.4 Å². The van der Waals surface area contributed by atoms with Gasteiger partial charge in [-0.05, 0) is 25.0 Å². The van der Waals surface area contributed by atoms with Crippen LogP contribution < -0.4 is 10.6 Å². The van der Waals surface area contributed by atoms with Gasteiger partial charge < -0.3 is 15.7 Å². The van der Waals surface area contributed by atoms with Crippen molar-refractivity contribution in [3.63, 3.8) is 0 Å². The van der Waals surface area contributed by atoms with Crippen molar-refractivity contribution in [2.75, 3.05) is 18.0 Å². The Morgan fingerprint density at radius 3 is 2.35 bits per heavy atom. The molecule has 1 aliphatic rings. The van der Waals surface area contributed by atoms with Crippen molar-refractivity contribution in [2.24, 2.45) is 11.1 Å². The number of rotatable bonds is 6. The molecule has 0 radical (unpaired) electrons. The van der Waals surface area contributed by atoms with E-state index in [0.29, 0.717) is 6.54 Å². The van der Waals surface area contributed by atoms with E-state index in [1.54, 1.807) is 4.90 Å². The number of carbonyl (C=O) groups is 2. The van der Waals surface area contributed by atoms with Crippen LogP contribution in [0.5, 0.6) is 0 Å². The maximum Gasteiger partial charge on any atom is 0.305 e. The standard InChI is InChI=1S/C15H20N2O3/c16-11-15(8-4-9-15)14(20)17(10-7-13(18)19)12-5-2-1-3-6-12/h1-3,5-6H,4,7-11,16H2,(H,18,19). The minimum absolute atomic E-state index is 0.0429. The number of carboxylic acid groups (broad SMARTS) is 1. The molecule has 2 rings (SSSR count). The Hall–Kier alpha value is -1.88. The lowest BCUT2D eigenvalue weighted by Crippen LogP contribution is -2.52. The number of anilines is 1. The van der Waals surface area contributed by atoms with Gasteiger partial charge in [0.2, 0.25) is 5.91 Å². The molecule has 0 spiro atoms. The summed E-state index contributed by atoms with van der Waals surface area (Å²) >= 11 is 0. The van der Waals surface area contributed by atoms with E-state index in [0.717, 1.165) is 24.9 Å². The van der Waals surface area contributed by atoms with Gasteiger partial charge in [-0.1, -0.05) is 24.6 Å². The second-order valence-electron chi connectivity index (χ2n) is 5.27. The predicted octanol–water partition coefficient (Wildman–Crippen LogP) is 1.62. The third-order valence-electron chi connectivity index (χ3n) is 4.02. The zero-order valence-electron chi connectivity index (χ0n) is 11.4. The van der Waals surface area contributed by atoms with Crippen molar-refractivity contribution in [3.05, 3.63) is 30.3 Å². The molecule has 0 aliphatic heterocycles. The molecular formula is C15H20N2O3. The van der Waals surface area contributed by atoms with Gasteiger partial charge in [0.15, 0.2) is 0 Å². The largest absolute Gasteiger partial charge is 0.481 e. The average Bonchev–Trinajstić information content (AvgIpc) is 2.39. The molecule has 0 atom stereocenters. The quantitative estimate of drug-likeness (QED) is 0.827. The van der Waals surface area contributed by atoms with Gasteiger partial charge in [0.25, 0.3) is 0 Å². The molecule has 20 heavy (non-hydrogen) atoms. The smallest absolute Gasteiger partial charge is 0.305 e. The first-order chi connectivity index (χ1) is 9.59. The van der Waals surface area contributed by atoms with Crippen LogP contribution in [-0.4, -0.2) is 30.1 Å². The maximum absolute atomic E-state index is 12.7. The molecule has 3 N–H and O–H groups in total. The molecule has 0 bridgehead atoms. The van der Waals surface area contributed by atoms with E-state index in [4.69, 9.17) is 10.8 Å². The Balaban J connectivity index is 2.22. The Morgan fingerprint density at radius 2 is 1.90 bits per heavy atom. The van der Waals surface area contributed by atoms with Crippen LogP contribution >= 0.6 is 0 Å². The fourth-order valence-corrected chi connectivity index (χ4v) is 2.56. The molecule has 1 amide bonds. The number of hydrogen-bond acceptors (Lipinski definition) is 3. The lowest BCUT2D eigenvalue weighted by molar-refractivity contribution is -0.137. The van der Waals surface area contributed by atoms with Crippen molar-refractivity contribution >= 4 is 17.6 Å². The van der Waals surface area contributed by atoms with Gasteiger partial charge in [-0.25, -0.2) is 0 Å². The van der Waals surface area contributed by atoms with Gasteiger partial charge in [0.1, 0.15) is 0 Å². The lowest BCUT2D eigenvalue weighted by Gasteiger charge is -2.42. The third kappa shape index (κ3) is 2.82. The second kappa shape index (κ2) is 6.05. The first kappa shape index (κ1) is 14.5. The molecule has 0 saturated heterocycles. The number of nitrogens with two attached hydrogens (primary N) is 1. The SMILES string of the molecule is NCC1(C(=O)N(CCC(=O)O)c2ccccc2)CCC1. The number of para-hydroxylation sites is 1. The second-order valence-corrected chi connectivity index (χ2v) is 5.27. The molecule has 5 heteroatoms. The third-order valence-corrected chi connectivity index (χ3v) is 4.02. The van der Waals surface area contributed by atoms with E-state index in [2.05, 4.69) is 0 Å². The molecule has 1 aromatic rings. The maximum atomic E-state index is 12.7. The number of aliphatic carboxylic acids is 1. The van der Waals surface area contributed by atoms with E-state index >= 15 is 0 Å². The van der Waals surface area contributed by atoms with Crippen LogP contribution in [-0.2, 0) is 9.59 Å². The average molecular weight is 276 g/mol. The molecule has 108 valence electrons. The molecule has 1 aromatic carbocycles. The van der Waals surface area contributed by atoms with Crippen LogP contribution in [0.4, 0.5) is 5.69 Å². The number of amides is 1. The molecule has 0 aromatic heterocycles. The van der Waals surface area contributed by atoms with Crippen molar-refractivity contribution in [1.29, 1.82) is 0 Å². The van der Waals surface area contributed by atoms with Crippen molar-refractivity contribution in [1.82, 2.24) is 0 Å². The van der Waals surface area contributed by atoms with Crippen LogP contribution in [0.15, 0.2) is 30.3 Å². The molecule has 1 fully saturated rings. The first-order valence-electron chi connectivity index (χ1n) is 6.88. The molecule has 1 saturated carbocycles. The minimum atomic E-state index is -0.908. The van der Waals surface area contributed by atoms with Crippen LogP contribution in [0.3, 0.4) is 0 Å². The number of carbonyl (C=O) groups excluding carboxylic acids is 1. The van der Waals surface area contributed by atoms with Crippen LogP contribution in [0.1, 0.15) is 25.7 Å². The fourth-order valence-electron chi connectivity index (χ4n) is 2.56. The van der Waals surface area contributed by atoms with Gasteiger partial charge in [-0.15, -0.1) is 0 Å². The number of carboxylic acids is 1. The van der Waals surface area contributed by atoms with Gasteiger partial charge in [-0.3, -0.25) is 9.59 Å². The molecule has 1 aliphatic carbocycles. The monoisotopic (exact) mass is 276 g/mol. The molecule has 0 unspecified atom stereocenters. The zero-order chi connectivity index (χ0) is 14.6. The van der Waals surface area contributed by atoms with Crippen LogP contribution in [0.2, 0.25) is 0 Å². The fraction of sp³-hybridized carbons (Fsp3) is 0.467. The van der Waals surface area contributed by atoms with Crippen molar-refractivity contribution in [2.45, 2.75) is 25.7 Å². The van der Waals surface area contributed by atoms with Crippen molar-refractivity contribution < 1.29 is 14.7 Å². The van der Waals surface area contributed by atoms with Gasteiger partial charge >= 0.3 is 5.97 Å². The van der Waals surface area contributed by atoms with Gasteiger partial charge in [0, 0.05) is 18.8 Å². The van der Waals surface area contributed by atoms with E-state index in [-0.39, 0.29) is 18.9 Å². The number of hydrogen-bond donors (Lipinski definition) is 2. The summed E-state index contributed by atoms with van der Waals surface area (Å²) in [5.74, 6) is -0.951. The Bertz CT molecular complexity index is 478. The number of benzene rings is 1. The lowest BCUT2D eigenvalue weighted by atomic mass is 9.67. The highest BCUT2D eigenvalue weighted by Crippen LogP contribution is 2.42. The minimum Gasteiger partial charge on any atom is -0.481 e. The molecule has 5 nitrogen and oxygen atoms in total. The summed E-state index contributed by atoms with van der Waals surface area (Å²) in [6.45, 7) is 0.502. The van der Waals surface area contributed by atoms with E-state index in [1.807, 2.05) is 30.3 Å². The summed E-state index contributed by atoms with van der Waals surface area (Å²) in [4.78, 5) is 25.1. The summed E-state index contributed by atoms with van der Waals surface area (Å²) in [5.41, 5.74) is 6.02. The normalized spacial score (nSPS) is 16.2. The summed E-state index contributed by atoms with van der Waals surface area (Å²) < 4.78 is 0. The van der Waals surface area contributed by atoms with Gasteiger partial charge in [-0.2, -0.15) is 0 Å². The van der Waals surface area contributed by atoms with Gasteiger partial charge in [0.05, 0.1) is 11.8 Å². The Morgan fingerprint density at radius 1 is 1.25 bits per heavy atom. The van der Waals surface area contributed by atoms with Crippen LogP contribution in [0.25, 0.3) is 0 Å². The number of nitrogens with zero attached hydrogens (tertiary/aromatic N) is 1. The highest BCUT2D eigenvalue weighted by molar-refractivity contribution is 5.98. The zero-order valence-corrected chi connectivity index (χ0v) is 11.4. The summed E-state index contributed by atoms with van der Waals surface area (Å²) in [5, 5.41) is 8.86. The highest BCUT2D eigenvalue weighted by Gasteiger charge is 2.45. The summed E-state index contributed by atoms with van der Waals surface area (Å²) in [6.07, 6.45) is 2.52. The van der Waals surface area contributed by atoms with E-state index in [1.165, 1.54) is 0 Å².